The molecule has 0 N–H and O–H groups in total. The Bertz CT molecular complexity index is 958. The number of anilines is 1. The van der Waals surface area contributed by atoms with Gasteiger partial charge in [0.2, 0.25) is 15.9 Å². The van der Waals surface area contributed by atoms with Crippen molar-refractivity contribution in [3.8, 4) is 0 Å². The zero-order chi connectivity index (χ0) is 20.3. The fraction of sp³-hybridized carbons (Fsp3) is 0.350. The van der Waals surface area contributed by atoms with E-state index in [2.05, 4.69) is 0 Å². The number of sulfonamides is 1. The summed E-state index contributed by atoms with van der Waals surface area (Å²) in [6.07, 6.45) is 0.629. The van der Waals surface area contributed by atoms with E-state index in [1.807, 2.05) is 13.8 Å². The van der Waals surface area contributed by atoms with Crippen LogP contribution in [0, 0.1) is 5.82 Å². The topological polar surface area (TPSA) is 57.7 Å². The van der Waals surface area contributed by atoms with Gasteiger partial charge in [0, 0.05) is 30.2 Å². The smallest absolute Gasteiger partial charge is 0.243 e. The number of carbonyl (C=O) groups is 1. The van der Waals surface area contributed by atoms with Crippen LogP contribution in [0.3, 0.4) is 0 Å². The summed E-state index contributed by atoms with van der Waals surface area (Å²) in [6, 6.07) is 11.0. The highest BCUT2D eigenvalue weighted by atomic mass is 32.2. The average molecular weight is 423 g/mol. The third-order valence-corrected chi connectivity index (χ3v) is 7.81. The molecule has 1 aliphatic rings. The Kier molecular flexibility index (Phi) is 6.42. The maximum absolute atomic E-state index is 13.0. The summed E-state index contributed by atoms with van der Waals surface area (Å²) in [7, 11) is -3.52. The van der Waals surface area contributed by atoms with Crippen LogP contribution in [0.15, 0.2) is 52.3 Å². The van der Waals surface area contributed by atoms with Gasteiger partial charge in [-0.25, -0.2) is 12.8 Å². The largest absolute Gasteiger partial charge is 0.311 e. The molecule has 0 saturated carbocycles. The van der Waals surface area contributed by atoms with Gasteiger partial charge in [-0.2, -0.15) is 4.31 Å². The minimum absolute atomic E-state index is 0.0487. The van der Waals surface area contributed by atoms with Crippen LogP contribution in [-0.2, 0) is 21.2 Å². The molecule has 0 atom stereocenters. The lowest BCUT2D eigenvalue weighted by atomic mass is 10.2. The van der Waals surface area contributed by atoms with Crippen molar-refractivity contribution in [1.29, 1.82) is 0 Å². The molecule has 5 nitrogen and oxygen atoms in total. The van der Waals surface area contributed by atoms with Crippen molar-refractivity contribution in [3.05, 3.63) is 53.8 Å². The van der Waals surface area contributed by atoms with Gasteiger partial charge in [-0.1, -0.05) is 13.8 Å². The standard InChI is InChI=1S/C20H23FN2O3S2/c1-3-22(4-2)28(25,26)18-9-10-19-15(13-18)11-12-23(19)20(24)14-27-17-7-5-16(21)6-8-17/h5-10,13H,3-4,11-12,14H2,1-2H3. The Morgan fingerprint density at radius 2 is 1.82 bits per heavy atom. The molecule has 2 aromatic carbocycles. The van der Waals surface area contributed by atoms with Crippen molar-refractivity contribution in [3.63, 3.8) is 0 Å². The first kappa shape index (κ1) is 20.8. The molecule has 0 unspecified atom stereocenters. The van der Waals surface area contributed by atoms with Gasteiger partial charge in [0.25, 0.3) is 0 Å². The van der Waals surface area contributed by atoms with Crippen LogP contribution in [-0.4, -0.2) is 44.0 Å². The summed E-state index contributed by atoms with van der Waals surface area (Å²) in [5.41, 5.74) is 1.64. The number of hydrogen-bond donors (Lipinski definition) is 0. The molecule has 0 aromatic heterocycles. The van der Waals surface area contributed by atoms with Gasteiger partial charge in [0.15, 0.2) is 0 Å². The van der Waals surface area contributed by atoms with Crippen LogP contribution < -0.4 is 4.90 Å². The second-order valence-corrected chi connectivity index (χ2v) is 9.40. The first-order valence-corrected chi connectivity index (χ1v) is 11.6. The number of rotatable bonds is 7. The zero-order valence-corrected chi connectivity index (χ0v) is 17.5. The highest BCUT2D eigenvalue weighted by Gasteiger charge is 2.28. The van der Waals surface area contributed by atoms with Crippen LogP contribution in [0.1, 0.15) is 19.4 Å². The summed E-state index contributed by atoms with van der Waals surface area (Å²) in [5, 5.41) is 0. The van der Waals surface area contributed by atoms with Gasteiger partial charge >= 0.3 is 0 Å². The van der Waals surface area contributed by atoms with Crippen molar-refractivity contribution in [2.75, 3.05) is 30.3 Å². The minimum Gasteiger partial charge on any atom is -0.311 e. The summed E-state index contributed by atoms with van der Waals surface area (Å²) >= 11 is 1.36. The van der Waals surface area contributed by atoms with Crippen LogP contribution >= 0.6 is 11.8 Å². The number of hydrogen-bond acceptors (Lipinski definition) is 4. The predicted octanol–water partition coefficient (Wildman–Crippen LogP) is 3.54. The number of amides is 1. The lowest BCUT2D eigenvalue weighted by Gasteiger charge is -2.20. The van der Waals surface area contributed by atoms with E-state index in [1.54, 1.807) is 35.2 Å². The molecule has 150 valence electrons. The minimum atomic E-state index is -3.52. The van der Waals surface area contributed by atoms with E-state index in [9.17, 15) is 17.6 Å². The van der Waals surface area contributed by atoms with Crippen LogP contribution in [0.2, 0.25) is 0 Å². The number of benzene rings is 2. The van der Waals surface area contributed by atoms with Crippen molar-refractivity contribution < 1.29 is 17.6 Å². The second kappa shape index (κ2) is 8.63. The maximum atomic E-state index is 13.0. The maximum Gasteiger partial charge on any atom is 0.243 e. The molecule has 28 heavy (non-hydrogen) atoms. The van der Waals surface area contributed by atoms with Crippen LogP contribution in [0.25, 0.3) is 0 Å². The van der Waals surface area contributed by atoms with E-state index in [4.69, 9.17) is 0 Å². The highest BCUT2D eigenvalue weighted by molar-refractivity contribution is 8.00. The number of thioether (sulfide) groups is 1. The third-order valence-electron chi connectivity index (χ3n) is 4.77. The first-order valence-electron chi connectivity index (χ1n) is 9.18. The molecule has 2 aromatic rings. The second-order valence-electron chi connectivity index (χ2n) is 6.42. The van der Waals surface area contributed by atoms with Gasteiger partial charge in [0.1, 0.15) is 5.82 Å². The van der Waals surface area contributed by atoms with Gasteiger partial charge in [-0.3, -0.25) is 4.79 Å². The van der Waals surface area contributed by atoms with Crippen molar-refractivity contribution in [2.24, 2.45) is 0 Å². The van der Waals surface area contributed by atoms with Gasteiger partial charge in [-0.05, 0) is 54.4 Å². The molecule has 0 saturated heterocycles. The summed E-state index contributed by atoms with van der Waals surface area (Å²) in [4.78, 5) is 15.4. The molecule has 1 heterocycles. The molecular formula is C20H23FN2O3S2. The fourth-order valence-electron chi connectivity index (χ4n) is 3.26. The molecule has 0 radical (unpaired) electrons. The quantitative estimate of drug-likeness (QED) is 0.641. The first-order chi connectivity index (χ1) is 13.4. The predicted molar refractivity (Wildman–Crippen MR) is 110 cm³/mol. The molecule has 0 bridgehead atoms. The number of carbonyl (C=O) groups excluding carboxylic acids is 1. The lowest BCUT2D eigenvalue weighted by molar-refractivity contribution is -0.116. The fourth-order valence-corrected chi connectivity index (χ4v) is 5.55. The lowest BCUT2D eigenvalue weighted by Crippen LogP contribution is -2.31. The van der Waals surface area contributed by atoms with Crippen molar-refractivity contribution in [1.82, 2.24) is 4.31 Å². The summed E-state index contributed by atoms with van der Waals surface area (Å²) < 4.78 is 39.8. The van der Waals surface area contributed by atoms with E-state index in [0.29, 0.717) is 26.1 Å². The molecule has 8 heteroatoms. The molecule has 1 aliphatic heterocycles. The van der Waals surface area contributed by atoms with Gasteiger partial charge < -0.3 is 4.90 Å². The molecular weight excluding hydrogens is 399 g/mol. The van der Waals surface area contributed by atoms with E-state index in [-0.39, 0.29) is 22.4 Å². The molecule has 0 fully saturated rings. The zero-order valence-electron chi connectivity index (χ0n) is 15.9. The van der Waals surface area contributed by atoms with E-state index < -0.39 is 10.0 Å². The Hall–Kier alpha value is -1.90. The summed E-state index contributed by atoms with van der Waals surface area (Å²) in [5.74, 6) is -0.114. The SMILES string of the molecule is CCN(CC)S(=O)(=O)c1ccc2c(c1)CCN2C(=O)CSc1ccc(F)cc1. The highest BCUT2D eigenvalue weighted by Crippen LogP contribution is 2.32. The van der Waals surface area contributed by atoms with Crippen molar-refractivity contribution >= 4 is 33.4 Å². The molecule has 0 spiro atoms. The molecule has 0 aliphatic carbocycles. The van der Waals surface area contributed by atoms with E-state index >= 15 is 0 Å². The van der Waals surface area contributed by atoms with Crippen molar-refractivity contribution in [2.45, 2.75) is 30.1 Å². The van der Waals surface area contributed by atoms with E-state index in [0.717, 1.165) is 16.1 Å². The Balaban J connectivity index is 1.73. The Morgan fingerprint density at radius 1 is 1.14 bits per heavy atom. The summed E-state index contributed by atoms with van der Waals surface area (Å²) in [6.45, 7) is 5.00. The number of nitrogens with zero attached hydrogens (tertiary/aromatic N) is 2. The Morgan fingerprint density at radius 3 is 2.46 bits per heavy atom. The van der Waals surface area contributed by atoms with Gasteiger partial charge in [0.05, 0.1) is 10.6 Å². The normalized spacial score (nSPS) is 13.8. The third kappa shape index (κ3) is 4.24. The van der Waals surface area contributed by atoms with Crippen LogP contribution in [0.4, 0.5) is 10.1 Å². The monoisotopic (exact) mass is 422 g/mol. The number of fused-ring (bicyclic) bond motifs is 1. The number of halogens is 1. The van der Waals surface area contributed by atoms with E-state index in [1.165, 1.54) is 28.2 Å². The van der Waals surface area contributed by atoms with Gasteiger partial charge in [-0.15, -0.1) is 11.8 Å². The molecule has 1 amide bonds. The average Bonchev–Trinajstić information content (AvgIpc) is 3.11. The van der Waals surface area contributed by atoms with Crippen LogP contribution in [0.5, 0.6) is 0 Å². The Labute approximate surface area is 169 Å². The molecule has 3 rings (SSSR count).